The molecule has 0 spiro atoms. The van der Waals surface area contributed by atoms with Crippen LogP contribution in [0.5, 0.6) is 0 Å². The first-order valence-electron chi connectivity index (χ1n) is 4.98. The third kappa shape index (κ3) is 2.15. The van der Waals surface area contributed by atoms with Crippen molar-refractivity contribution in [3.63, 3.8) is 0 Å². The number of nitrogens with one attached hydrogen (secondary N) is 1. The number of hydrogen-bond donors (Lipinski definition) is 1. The molecule has 0 bridgehead atoms. The number of alkyl halides is 3. The molecular formula is C11H12F3N. The lowest BCUT2D eigenvalue weighted by molar-refractivity contribution is -0.138. The minimum Gasteiger partial charge on any atom is -0.313 e. The quantitative estimate of drug-likeness (QED) is 0.701. The average molecular weight is 215 g/mol. The molecule has 15 heavy (non-hydrogen) atoms. The molecule has 82 valence electrons. The predicted octanol–water partition coefficient (Wildman–Crippen LogP) is 2.74. The van der Waals surface area contributed by atoms with E-state index in [-0.39, 0.29) is 0 Å². The van der Waals surface area contributed by atoms with Crippen LogP contribution in [-0.4, -0.2) is 6.54 Å². The molecule has 0 aromatic heterocycles. The maximum Gasteiger partial charge on any atom is 0.416 e. The summed E-state index contributed by atoms with van der Waals surface area (Å²) in [6.07, 6.45) is -2.61. The third-order valence-electron chi connectivity index (χ3n) is 2.68. The second-order valence-corrected chi connectivity index (χ2v) is 3.72. The van der Waals surface area contributed by atoms with Gasteiger partial charge in [-0.1, -0.05) is 12.1 Å². The molecule has 0 fully saturated rings. The van der Waals surface area contributed by atoms with Crippen LogP contribution >= 0.6 is 0 Å². The summed E-state index contributed by atoms with van der Waals surface area (Å²) in [5.41, 5.74) is 0.756. The topological polar surface area (TPSA) is 12.0 Å². The van der Waals surface area contributed by atoms with Crippen LogP contribution in [0.25, 0.3) is 0 Å². The highest BCUT2D eigenvalue weighted by molar-refractivity contribution is 5.37. The Morgan fingerprint density at radius 1 is 1.20 bits per heavy atom. The molecular weight excluding hydrogens is 203 g/mol. The molecule has 1 N–H and O–H groups in total. The maximum atomic E-state index is 12.7. The zero-order valence-corrected chi connectivity index (χ0v) is 8.19. The Bertz CT molecular complexity index is 357. The smallest absolute Gasteiger partial charge is 0.313 e. The van der Waals surface area contributed by atoms with Gasteiger partial charge in [0.1, 0.15) is 0 Å². The molecule has 0 amide bonds. The molecule has 1 aromatic carbocycles. The van der Waals surface area contributed by atoms with E-state index in [1.54, 1.807) is 6.07 Å². The van der Waals surface area contributed by atoms with Crippen LogP contribution in [-0.2, 0) is 19.1 Å². The summed E-state index contributed by atoms with van der Waals surface area (Å²) < 4.78 is 38.0. The van der Waals surface area contributed by atoms with Gasteiger partial charge in [-0.15, -0.1) is 0 Å². The summed E-state index contributed by atoms with van der Waals surface area (Å²) in [5.74, 6) is 0. The van der Waals surface area contributed by atoms with Crippen molar-refractivity contribution < 1.29 is 13.2 Å². The van der Waals surface area contributed by atoms with Gasteiger partial charge >= 0.3 is 6.18 Å². The monoisotopic (exact) mass is 215 g/mol. The van der Waals surface area contributed by atoms with Gasteiger partial charge in [0, 0.05) is 6.54 Å². The molecule has 0 unspecified atom stereocenters. The molecule has 0 saturated heterocycles. The Hall–Kier alpha value is -1.03. The van der Waals surface area contributed by atoms with Crippen LogP contribution in [0.1, 0.15) is 23.1 Å². The van der Waals surface area contributed by atoms with Crippen molar-refractivity contribution in [2.75, 3.05) is 6.54 Å². The van der Waals surface area contributed by atoms with E-state index in [0.29, 0.717) is 12.1 Å². The zero-order chi connectivity index (χ0) is 10.9. The summed E-state index contributed by atoms with van der Waals surface area (Å²) in [6.45, 7) is 1.11. The fourth-order valence-corrected chi connectivity index (χ4v) is 1.96. The van der Waals surface area contributed by atoms with Crippen LogP contribution < -0.4 is 5.32 Å². The van der Waals surface area contributed by atoms with E-state index in [4.69, 9.17) is 0 Å². The van der Waals surface area contributed by atoms with Crippen LogP contribution in [0, 0.1) is 0 Å². The summed E-state index contributed by atoms with van der Waals surface area (Å²) in [6, 6.07) is 4.44. The second-order valence-electron chi connectivity index (χ2n) is 3.72. The predicted molar refractivity (Wildman–Crippen MR) is 51.5 cm³/mol. The minimum atomic E-state index is -4.24. The molecule has 1 nitrogen and oxygen atoms in total. The molecule has 0 aliphatic carbocycles. The van der Waals surface area contributed by atoms with Crippen LogP contribution in [0.2, 0.25) is 0 Å². The molecule has 1 aromatic rings. The van der Waals surface area contributed by atoms with Crippen molar-refractivity contribution in [2.24, 2.45) is 0 Å². The average Bonchev–Trinajstić information content (AvgIpc) is 2.39. The van der Waals surface area contributed by atoms with Gasteiger partial charge in [0.2, 0.25) is 0 Å². The second kappa shape index (κ2) is 3.85. The Morgan fingerprint density at radius 2 is 2.00 bits per heavy atom. The Balaban J connectivity index is 2.48. The normalized spacial score (nSPS) is 17.0. The summed E-state index contributed by atoms with van der Waals surface area (Å²) >= 11 is 0. The van der Waals surface area contributed by atoms with E-state index in [2.05, 4.69) is 5.32 Å². The lowest BCUT2D eigenvalue weighted by Gasteiger charge is -2.14. The molecule has 1 aliphatic heterocycles. The van der Waals surface area contributed by atoms with Gasteiger partial charge in [0.15, 0.2) is 0 Å². The lowest BCUT2D eigenvalue weighted by Crippen LogP contribution is -2.16. The zero-order valence-electron chi connectivity index (χ0n) is 8.19. The molecule has 1 heterocycles. The third-order valence-corrected chi connectivity index (χ3v) is 2.68. The van der Waals surface area contributed by atoms with Gasteiger partial charge in [0.25, 0.3) is 0 Å². The maximum absolute atomic E-state index is 12.7. The number of rotatable bonds is 0. The van der Waals surface area contributed by atoms with Crippen molar-refractivity contribution >= 4 is 0 Å². The summed E-state index contributed by atoms with van der Waals surface area (Å²) in [4.78, 5) is 0. The van der Waals surface area contributed by atoms with E-state index in [1.807, 2.05) is 0 Å². The number of hydrogen-bond acceptors (Lipinski definition) is 1. The SMILES string of the molecule is FC(F)(F)c1cccc2c1CNCCC2. The number of fused-ring (bicyclic) bond motifs is 1. The molecule has 2 rings (SSSR count). The van der Waals surface area contributed by atoms with Crippen molar-refractivity contribution in [1.82, 2.24) is 5.32 Å². The van der Waals surface area contributed by atoms with E-state index >= 15 is 0 Å². The van der Waals surface area contributed by atoms with E-state index in [9.17, 15) is 13.2 Å². The van der Waals surface area contributed by atoms with E-state index in [0.717, 1.165) is 31.0 Å². The van der Waals surface area contributed by atoms with Gasteiger partial charge in [-0.05, 0) is 36.6 Å². The number of halogens is 3. The van der Waals surface area contributed by atoms with Crippen molar-refractivity contribution in [2.45, 2.75) is 25.6 Å². The highest BCUT2D eigenvalue weighted by Gasteiger charge is 2.34. The number of aryl methyl sites for hydroxylation is 1. The highest BCUT2D eigenvalue weighted by atomic mass is 19.4. The molecule has 4 heteroatoms. The van der Waals surface area contributed by atoms with Gasteiger partial charge in [0.05, 0.1) is 5.56 Å². The van der Waals surface area contributed by atoms with Crippen molar-refractivity contribution in [3.05, 3.63) is 34.9 Å². The van der Waals surface area contributed by atoms with Gasteiger partial charge < -0.3 is 5.32 Å². The largest absolute Gasteiger partial charge is 0.416 e. The first-order valence-corrected chi connectivity index (χ1v) is 4.98. The van der Waals surface area contributed by atoms with Crippen LogP contribution in [0.3, 0.4) is 0 Å². The Labute approximate surface area is 86.3 Å². The van der Waals surface area contributed by atoms with Gasteiger partial charge in [-0.3, -0.25) is 0 Å². The van der Waals surface area contributed by atoms with Crippen LogP contribution in [0.15, 0.2) is 18.2 Å². The Kier molecular flexibility index (Phi) is 2.69. The van der Waals surface area contributed by atoms with Gasteiger partial charge in [-0.2, -0.15) is 13.2 Å². The standard InChI is InChI=1S/C11H12F3N/c12-11(13,14)10-5-1-3-8-4-2-6-15-7-9(8)10/h1,3,5,15H,2,4,6-7H2. The fraction of sp³-hybridized carbons (Fsp3) is 0.455. The fourth-order valence-electron chi connectivity index (χ4n) is 1.96. The van der Waals surface area contributed by atoms with Crippen molar-refractivity contribution in [1.29, 1.82) is 0 Å². The van der Waals surface area contributed by atoms with Gasteiger partial charge in [-0.25, -0.2) is 0 Å². The minimum absolute atomic E-state index is 0.324. The summed E-state index contributed by atoms with van der Waals surface area (Å²) in [5, 5.41) is 3.02. The van der Waals surface area contributed by atoms with Crippen LogP contribution in [0.4, 0.5) is 13.2 Å². The van der Waals surface area contributed by atoms with E-state index < -0.39 is 11.7 Å². The number of benzene rings is 1. The molecule has 0 atom stereocenters. The first kappa shape index (κ1) is 10.5. The lowest BCUT2D eigenvalue weighted by atomic mass is 9.98. The van der Waals surface area contributed by atoms with E-state index in [1.165, 1.54) is 6.07 Å². The molecule has 0 saturated carbocycles. The Morgan fingerprint density at radius 3 is 2.73 bits per heavy atom. The van der Waals surface area contributed by atoms with Crippen molar-refractivity contribution in [3.8, 4) is 0 Å². The molecule has 0 radical (unpaired) electrons. The molecule has 1 aliphatic rings. The summed E-state index contributed by atoms with van der Waals surface area (Å²) in [7, 11) is 0. The first-order chi connectivity index (χ1) is 7.09. The highest BCUT2D eigenvalue weighted by Crippen LogP contribution is 2.34.